The number of hydrogen-bond donors (Lipinski definition) is 2. The van der Waals surface area contributed by atoms with Gasteiger partial charge in [-0.15, -0.1) is 0 Å². The van der Waals surface area contributed by atoms with Gasteiger partial charge in [-0.1, -0.05) is 17.7 Å². The fourth-order valence-corrected chi connectivity index (χ4v) is 5.12. The summed E-state index contributed by atoms with van der Waals surface area (Å²) in [5.41, 5.74) is 2.83. The number of amides is 1. The fraction of sp³-hybridized carbons (Fsp3) is 0.560. The normalized spacial score (nSPS) is 20.2. The van der Waals surface area contributed by atoms with Crippen molar-refractivity contribution in [2.75, 3.05) is 30.9 Å². The third kappa shape index (κ3) is 5.40. The zero-order valence-corrected chi connectivity index (χ0v) is 20.4. The van der Waals surface area contributed by atoms with E-state index >= 15 is 0 Å². The van der Waals surface area contributed by atoms with E-state index < -0.39 is 11.7 Å². The van der Waals surface area contributed by atoms with Crippen LogP contribution in [0.2, 0.25) is 5.02 Å². The minimum atomic E-state index is -0.546. The SMILES string of the molecule is Cc1ccc(Cl)c(C(=O)NCC2CCC(Nc3nc4c(c(N(C)C)n3)CCCC4)CC2)c1F. The van der Waals surface area contributed by atoms with E-state index in [9.17, 15) is 9.18 Å². The highest BCUT2D eigenvalue weighted by atomic mass is 35.5. The Morgan fingerprint density at radius 1 is 1.15 bits per heavy atom. The third-order valence-electron chi connectivity index (χ3n) is 6.83. The molecule has 1 aromatic carbocycles. The lowest BCUT2D eigenvalue weighted by atomic mass is 9.86. The molecule has 4 rings (SSSR count). The van der Waals surface area contributed by atoms with E-state index in [1.807, 2.05) is 14.1 Å². The van der Waals surface area contributed by atoms with Gasteiger partial charge in [0.05, 0.1) is 16.3 Å². The van der Waals surface area contributed by atoms with Gasteiger partial charge in [-0.25, -0.2) is 9.37 Å². The molecular weight excluding hydrogens is 441 g/mol. The van der Waals surface area contributed by atoms with Crippen LogP contribution in [0.5, 0.6) is 0 Å². The van der Waals surface area contributed by atoms with Gasteiger partial charge >= 0.3 is 0 Å². The number of carbonyl (C=O) groups is 1. The van der Waals surface area contributed by atoms with E-state index in [0.717, 1.165) is 50.3 Å². The molecule has 6 nitrogen and oxygen atoms in total. The lowest BCUT2D eigenvalue weighted by molar-refractivity contribution is 0.0939. The average Bonchev–Trinajstić information content (AvgIpc) is 2.80. The number of carbonyl (C=O) groups excluding carboxylic acids is 1. The molecule has 0 radical (unpaired) electrons. The summed E-state index contributed by atoms with van der Waals surface area (Å²) in [5.74, 6) is 1.12. The van der Waals surface area contributed by atoms with Crippen LogP contribution >= 0.6 is 11.6 Å². The molecule has 0 spiro atoms. The Morgan fingerprint density at radius 2 is 1.88 bits per heavy atom. The van der Waals surface area contributed by atoms with Crippen LogP contribution in [-0.2, 0) is 12.8 Å². The summed E-state index contributed by atoms with van der Waals surface area (Å²) in [6, 6.07) is 3.46. The number of anilines is 2. The molecule has 8 heteroatoms. The van der Waals surface area contributed by atoms with Gasteiger partial charge in [0.15, 0.2) is 0 Å². The summed E-state index contributed by atoms with van der Waals surface area (Å²) in [4.78, 5) is 24.3. The van der Waals surface area contributed by atoms with E-state index in [4.69, 9.17) is 21.6 Å². The largest absolute Gasteiger partial charge is 0.362 e. The van der Waals surface area contributed by atoms with E-state index in [1.165, 1.54) is 24.1 Å². The Labute approximate surface area is 200 Å². The average molecular weight is 474 g/mol. The number of aromatic nitrogens is 2. The monoisotopic (exact) mass is 473 g/mol. The summed E-state index contributed by atoms with van der Waals surface area (Å²) >= 11 is 6.06. The number of nitrogens with zero attached hydrogens (tertiary/aromatic N) is 3. The molecule has 1 heterocycles. The van der Waals surface area contributed by atoms with E-state index in [2.05, 4.69) is 15.5 Å². The van der Waals surface area contributed by atoms with Crippen molar-refractivity contribution in [1.29, 1.82) is 0 Å². The number of nitrogens with one attached hydrogen (secondary N) is 2. The summed E-state index contributed by atoms with van der Waals surface area (Å²) in [5, 5.41) is 6.58. The zero-order chi connectivity index (χ0) is 23.5. The second-order valence-corrected chi connectivity index (χ2v) is 9.93. The van der Waals surface area contributed by atoms with Gasteiger partial charge < -0.3 is 15.5 Å². The highest BCUT2D eigenvalue weighted by Crippen LogP contribution is 2.30. The molecule has 1 saturated carbocycles. The third-order valence-corrected chi connectivity index (χ3v) is 7.14. The summed E-state index contributed by atoms with van der Waals surface area (Å²) < 4.78 is 14.4. The highest BCUT2D eigenvalue weighted by molar-refractivity contribution is 6.33. The van der Waals surface area contributed by atoms with Crippen molar-refractivity contribution in [3.05, 3.63) is 45.4 Å². The van der Waals surface area contributed by atoms with Crippen molar-refractivity contribution < 1.29 is 9.18 Å². The smallest absolute Gasteiger partial charge is 0.255 e. The lowest BCUT2D eigenvalue weighted by Gasteiger charge is -2.30. The first-order valence-electron chi connectivity index (χ1n) is 11.9. The maximum Gasteiger partial charge on any atom is 0.255 e. The maximum atomic E-state index is 14.4. The van der Waals surface area contributed by atoms with Crippen molar-refractivity contribution in [2.24, 2.45) is 5.92 Å². The summed E-state index contributed by atoms with van der Waals surface area (Å²) in [6.45, 7) is 2.15. The molecule has 2 aliphatic carbocycles. The Morgan fingerprint density at radius 3 is 2.61 bits per heavy atom. The fourth-order valence-electron chi connectivity index (χ4n) is 4.89. The van der Waals surface area contributed by atoms with Crippen molar-refractivity contribution in [1.82, 2.24) is 15.3 Å². The molecule has 0 atom stereocenters. The van der Waals surface area contributed by atoms with Crippen LogP contribution in [0.1, 0.15) is 65.7 Å². The van der Waals surface area contributed by atoms with E-state index in [-0.39, 0.29) is 10.6 Å². The number of benzene rings is 1. The molecule has 1 fully saturated rings. The molecule has 178 valence electrons. The molecule has 2 N–H and O–H groups in total. The van der Waals surface area contributed by atoms with Gasteiger partial charge in [-0.3, -0.25) is 4.79 Å². The van der Waals surface area contributed by atoms with Crippen molar-refractivity contribution in [2.45, 2.75) is 64.3 Å². The Hall–Kier alpha value is -2.41. The van der Waals surface area contributed by atoms with Crippen LogP contribution in [-0.4, -0.2) is 42.6 Å². The van der Waals surface area contributed by atoms with Gasteiger partial charge in [0.2, 0.25) is 5.95 Å². The first-order chi connectivity index (χ1) is 15.8. The molecule has 33 heavy (non-hydrogen) atoms. The van der Waals surface area contributed by atoms with Crippen LogP contribution in [0, 0.1) is 18.7 Å². The Balaban J connectivity index is 1.31. The molecule has 0 unspecified atom stereocenters. The Kier molecular flexibility index (Phi) is 7.37. The van der Waals surface area contributed by atoms with Gasteiger partial charge in [0.25, 0.3) is 5.91 Å². The highest BCUT2D eigenvalue weighted by Gasteiger charge is 2.25. The molecule has 1 amide bonds. The van der Waals surface area contributed by atoms with Crippen LogP contribution in [0.3, 0.4) is 0 Å². The number of hydrogen-bond acceptors (Lipinski definition) is 5. The van der Waals surface area contributed by atoms with Crippen LogP contribution in [0.4, 0.5) is 16.2 Å². The van der Waals surface area contributed by atoms with Gasteiger partial charge in [0, 0.05) is 32.2 Å². The number of halogens is 2. The quantitative estimate of drug-likeness (QED) is 0.623. The first-order valence-corrected chi connectivity index (χ1v) is 12.3. The molecule has 2 aliphatic rings. The minimum absolute atomic E-state index is 0.0618. The molecule has 1 aromatic heterocycles. The number of aryl methyl sites for hydroxylation is 2. The predicted molar refractivity (Wildman–Crippen MR) is 131 cm³/mol. The second kappa shape index (κ2) is 10.2. The van der Waals surface area contributed by atoms with Gasteiger partial charge in [0.1, 0.15) is 11.6 Å². The van der Waals surface area contributed by atoms with Gasteiger partial charge in [-0.05, 0) is 75.8 Å². The molecule has 0 saturated heterocycles. The van der Waals surface area contributed by atoms with Crippen LogP contribution in [0.15, 0.2) is 12.1 Å². The van der Waals surface area contributed by atoms with Crippen LogP contribution < -0.4 is 15.5 Å². The van der Waals surface area contributed by atoms with E-state index in [0.29, 0.717) is 24.1 Å². The predicted octanol–water partition coefficient (Wildman–Crippen LogP) is 4.92. The topological polar surface area (TPSA) is 70.2 Å². The number of rotatable bonds is 6. The standard InChI is InChI=1S/C25H33ClFN5O/c1-15-8-13-19(26)21(22(15)27)24(33)28-14-16-9-11-17(12-10-16)29-25-30-20-7-5-4-6-18(20)23(31-25)32(2)3/h8,13,16-17H,4-7,9-12,14H2,1-3H3,(H,28,33)(H,29,30,31). The van der Waals surface area contributed by atoms with Gasteiger partial charge in [-0.2, -0.15) is 4.98 Å². The second-order valence-electron chi connectivity index (χ2n) is 9.52. The molecular formula is C25H33ClFN5O. The van der Waals surface area contributed by atoms with Crippen LogP contribution in [0.25, 0.3) is 0 Å². The molecule has 0 aliphatic heterocycles. The van der Waals surface area contributed by atoms with Crippen molar-refractivity contribution in [3.63, 3.8) is 0 Å². The Bertz CT molecular complexity index is 1020. The van der Waals surface area contributed by atoms with Crippen molar-refractivity contribution >= 4 is 29.3 Å². The first kappa shape index (κ1) is 23.7. The van der Waals surface area contributed by atoms with E-state index in [1.54, 1.807) is 19.1 Å². The summed E-state index contributed by atoms with van der Waals surface area (Å²) in [6.07, 6.45) is 8.39. The maximum absolute atomic E-state index is 14.4. The minimum Gasteiger partial charge on any atom is -0.362 e. The summed E-state index contributed by atoms with van der Waals surface area (Å²) in [7, 11) is 4.08. The lowest BCUT2D eigenvalue weighted by Crippen LogP contribution is -2.34. The molecule has 2 aromatic rings. The zero-order valence-electron chi connectivity index (χ0n) is 19.7. The van der Waals surface area contributed by atoms with Crippen molar-refractivity contribution in [3.8, 4) is 0 Å². The number of fused-ring (bicyclic) bond motifs is 1. The molecule has 0 bridgehead atoms.